The third-order valence-corrected chi connectivity index (χ3v) is 7.03. The lowest BCUT2D eigenvalue weighted by molar-refractivity contribution is -0.122. The highest BCUT2D eigenvalue weighted by molar-refractivity contribution is 6.23. The lowest BCUT2D eigenvalue weighted by Crippen LogP contribution is -2.41. The molecule has 1 heterocycles. The van der Waals surface area contributed by atoms with Crippen molar-refractivity contribution in [3.05, 3.63) is 94.5 Å². The predicted octanol–water partition coefficient (Wildman–Crippen LogP) is 4.40. The molecule has 4 nitrogen and oxygen atoms in total. The van der Waals surface area contributed by atoms with Crippen molar-refractivity contribution in [3.63, 3.8) is 0 Å². The number of benzene rings is 3. The van der Waals surface area contributed by atoms with Crippen molar-refractivity contribution >= 4 is 17.5 Å². The Kier molecular flexibility index (Phi) is 3.52. The summed E-state index contributed by atoms with van der Waals surface area (Å²) in [6.45, 7) is 2.08. The number of methoxy groups -OCH3 is 1. The van der Waals surface area contributed by atoms with Gasteiger partial charge in [-0.2, -0.15) is 0 Å². The van der Waals surface area contributed by atoms with E-state index in [2.05, 4.69) is 37.3 Å². The van der Waals surface area contributed by atoms with Crippen LogP contribution in [0.25, 0.3) is 0 Å². The second kappa shape index (κ2) is 6.05. The SMILES string of the molecule is COc1ccc(N2C(=O)[C@@H]3[C@@H]4c5ccccc5[C@H](c5ccc(C)cc54)[C@@H]3C2=O)cc1. The average Bonchev–Trinajstić information content (AvgIpc) is 3.04. The summed E-state index contributed by atoms with van der Waals surface area (Å²) in [5, 5.41) is 0. The Morgan fingerprint density at radius 1 is 0.733 bits per heavy atom. The fourth-order valence-corrected chi connectivity index (χ4v) is 5.83. The lowest BCUT2D eigenvalue weighted by atomic mass is 9.55. The predicted molar refractivity (Wildman–Crippen MR) is 114 cm³/mol. The van der Waals surface area contributed by atoms with E-state index in [9.17, 15) is 9.59 Å². The lowest BCUT2D eigenvalue weighted by Gasteiger charge is -2.46. The van der Waals surface area contributed by atoms with Gasteiger partial charge >= 0.3 is 0 Å². The molecule has 0 aromatic heterocycles. The molecule has 4 aliphatic rings. The van der Waals surface area contributed by atoms with Gasteiger partial charge in [-0.05, 0) is 53.4 Å². The molecule has 3 aromatic rings. The second-order valence-electron chi connectivity index (χ2n) is 8.48. The van der Waals surface area contributed by atoms with Crippen LogP contribution in [0.2, 0.25) is 0 Å². The van der Waals surface area contributed by atoms with Crippen LogP contribution in [0.3, 0.4) is 0 Å². The number of carbonyl (C=O) groups is 2. The van der Waals surface area contributed by atoms with Crippen LogP contribution in [-0.4, -0.2) is 18.9 Å². The standard InChI is InChI=1S/C26H21NO3/c1-14-7-12-19-20(13-14)22-18-6-4-3-5-17(18)21(19)23-24(22)26(29)27(25(23)28)15-8-10-16(30-2)11-9-15/h3-13,21-24H,1-2H3/t21-,22-,23+,24-/m1/s1. The highest BCUT2D eigenvalue weighted by Crippen LogP contribution is 2.61. The Labute approximate surface area is 175 Å². The Hall–Kier alpha value is -3.40. The van der Waals surface area contributed by atoms with Gasteiger partial charge in [0, 0.05) is 11.8 Å². The zero-order chi connectivity index (χ0) is 20.6. The van der Waals surface area contributed by atoms with Gasteiger partial charge in [0.2, 0.25) is 11.8 Å². The Morgan fingerprint density at radius 2 is 1.30 bits per heavy atom. The summed E-state index contributed by atoms with van der Waals surface area (Å²) < 4.78 is 5.23. The van der Waals surface area contributed by atoms with E-state index in [4.69, 9.17) is 4.74 Å². The molecule has 0 spiro atoms. The summed E-state index contributed by atoms with van der Waals surface area (Å²) in [5.74, 6) is -0.343. The van der Waals surface area contributed by atoms with Crippen molar-refractivity contribution in [2.75, 3.05) is 12.0 Å². The molecule has 3 aromatic carbocycles. The molecule has 148 valence electrons. The van der Waals surface area contributed by atoms with E-state index in [0.717, 1.165) is 0 Å². The molecule has 1 fully saturated rings. The van der Waals surface area contributed by atoms with E-state index < -0.39 is 0 Å². The van der Waals surface area contributed by atoms with Gasteiger partial charge in [0.15, 0.2) is 0 Å². The number of rotatable bonds is 2. The first-order valence-electron chi connectivity index (χ1n) is 10.3. The third-order valence-electron chi connectivity index (χ3n) is 7.03. The van der Waals surface area contributed by atoms with Crippen LogP contribution in [0, 0.1) is 18.8 Å². The molecule has 1 aliphatic heterocycles. The normalized spacial score (nSPS) is 25.7. The Bertz CT molecular complexity index is 1210. The summed E-state index contributed by atoms with van der Waals surface area (Å²) in [4.78, 5) is 28.7. The van der Waals surface area contributed by atoms with Gasteiger partial charge in [-0.15, -0.1) is 0 Å². The second-order valence-corrected chi connectivity index (χ2v) is 8.48. The Balaban J connectivity index is 1.54. The molecule has 4 heteroatoms. The zero-order valence-corrected chi connectivity index (χ0v) is 16.8. The van der Waals surface area contributed by atoms with Gasteiger partial charge in [0.25, 0.3) is 0 Å². The first-order valence-corrected chi connectivity index (χ1v) is 10.3. The fraction of sp³-hybridized carbons (Fsp3) is 0.231. The van der Waals surface area contributed by atoms with Crippen molar-refractivity contribution in [3.8, 4) is 5.75 Å². The number of anilines is 1. The molecule has 1 saturated heterocycles. The number of hydrogen-bond acceptors (Lipinski definition) is 3. The smallest absolute Gasteiger partial charge is 0.238 e. The number of imide groups is 1. The van der Waals surface area contributed by atoms with Crippen LogP contribution < -0.4 is 9.64 Å². The molecule has 0 saturated carbocycles. The quantitative estimate of drug-likeness (QED) is 0.604. The summed E-state index contributed by atoms with van der Waals surface area (Å²) in [6, 6.07) is 21.9. The van der Waals surface area contributed by atoms with Gasteiger partial charge in [-0.1, -0.05) is 48.0 Å². The van der Waals surface area contributed by atoms with E-state index in [1.165, 1.54) is 32.7 Å². The first-order chi connectivity index (χ1) is 14.6. The average molecular weight is 395 g/mol. The topological polar surface area (TPSA) is 46.6 Å². The highest BCUT2D eigenvalue weighted by atomic mass is 16.5. The van der Waals surface area contributed by atoms with E-state index in [1.807, 2.05) is 12.1 Å². The maximum Gasteiger partial charge on any atom is 0.238 e. The van der Waals surface area contributed by atoms with Crippen molar-refractivity contribution < 1.29 is 14.3 Å². The molecule has 4 atom stereocenters. The van der Waals surface area contributed by atoms with Crippen molar-refractivity contribution in [1.29, 1.82) is 0 Å². The van der Waals surface area contributed by atoms with Crippen molar-refractivity contribution in [1.82, 2.24) is 0 Å². The molecular weight excluding hydrogens is 374 g/mol. The summed E-state index contributed by atoms with van der Waals surface area (Å²) in [6.07, 6.45) is 0. The number of amides is 2. The fourth-order valence-electron chi connectivity index (χ4n) is 5.83. The van der Waals surface area contributed by atoms with Gasteiger partial charge in [0.05, 0.1) is 24.6 Å². The minimum absolute atomic E-state index is 0.0773. The maximum absolute atomic E-state index is 13.7. The first kappa shape index (κ1) is 17.5. The minimum atomic E-state index is -0.353. The maximum atomic E-state index is 13.7. The molecular formula is C26H21NO3. The van der Waals surface area contributed by atoms with Gasteiger partial charge in [-0.25, -0.2) is 4.90 Å². The monoisotopic (exact) mass is 395 g/mol. The summed E-state index contributed by atoms with van der Waals surface area (Å²) in [7, 11) is 1.60. The van der Waals surface area contributed by atoms with Crippen LogP contribution in [0.1, 0.15) is 39.7 Å². The van der Waals surface area contributed by atoms with E-state index in [-0.39, 0.29) is 35.5 Å². The van der Waals surface area contributed by atoms with Crippen LogP contribution in [-0.2, 0) is 9.59 Å². The van der Waals surface area contributed by atoms with Crippen molar-refractivity contribution in [2.24, 2.45) is 11.8 Å². The molecule has 0 unspecified atom stereocenters. The molecule has 3 aliphatic carbocycles. The van der Waals surface area contributed by atoms with E-state index in [0.29, 0.717) is 11.4 Å². The largest absolute Gasteiger partial charge is 0.497 e. The number of ether oxygens (including phenoxy) is 1. The molecule has 30 heavy (non-hydrogen) atoms. The van der Waals surface area contributed by atoms with Crippen molar-refractivity contribution in [2.45, 2.75) is 18.8 Å². The zero-order valence-electron chi connectivity index (χ0n) is 16.8. The Morgan fingerprint density at radius 3 is 1.90 bits per heavy atom. The number of hydrogen-bond donors (Lipinski definition) is 0. The molecule has 0 N–H and O–H groups in total. The molecule has 2 bridgehead atoms. The minimum Gasteiger partial charge on any atom is -0.497 e. The number of nitrogens with zero attached hydrogens (tertiary/aromatic N) is 1. The molecule has 7 rings (SSSR count). The van der Waals surface area contributed by atoms with Crippen LogP contribution in [0.5, 0.6) is 5.75 Å². The van der Waals surface area contributed by atoms with Gasteiger partial charge in [0.1, 0.15) is 5.75 Å². The van der Waals surface area contributed by atoms with E-state index >= 15 is 0 Å². The van der Waals surface area contributed by atoms with Crippen LogP contribution in [0.4, 0.5) is 5.69 Å². The summed E-state index contributed by atoms with van der Waals surface area (Å²) >= 11 is 0. The number of carbonyl (C=O) groups excluding carboxylic acids is 2. The van der Waals surface area contributed by atoms with E-state index in [1.54, 1.807) is 31.4 Å². The van der Waals surface area contributed by atoms with Crippen LogP contribution in [0.15, 0.2) is 66.7 Å². The van der Waals surface area contributed by atoms with Gasteiger partial charge < -0.3 is 4.74 Å². The van der Waals surface area contributed by atoms with Crippen LogP contribution >= 0.6 is 0 Å². The van der Waals surface area contributed by atoms with Gasteiger partial charge in [-0.3, -0.25) is 9.59 Å². The molecule has 2 amide bonds. The molecule has 0 radical (unpaired) electrons. The third kappa shape index (κ3) is 2.11. The summed E-state index contributed by atoms with van der Waals surface area (Å²) in [5.41, 5.74) is 6.58. The number of aryl methyl sites for hydroxylation is 1. The highest BCUT2D eigenvalue weighted by Gasteiger charge is 2.61.